The minimum Gasteiger partial charge on any atom is -0.461 e. The third kappa shape index (κ3) is 3.30. The molecule has 0 bridgehead atoms. The summed E-state index contributed by atoms with van der Waals surface area (Å²) in [6.07, 6.45) is 2.01. The first-order valence-electron chi connectivity index (χ1n) is 6.18. The summed E-state index contributed by atoms with van der Waals surface area (Å²) in [5.74, 6) is 1.03. The molecule has 1 atom stereocenters. The van der Waals surface area contributed by atoms with E-state index >= 15 is 0 Å². The predicted octanol–water partition coefficient (Wildman–Crippen LogP) is 5.83. The normalized spacial score (nSPS) is 14.1. The van der Waals surface area contributed by atoms with Crippen molar-refractivity contribution in [3.63, 3.8) is 0 Å². The summed E-state index contributed by atoms with van der Waals surface area (Å²) in [6, 6.07) is 7.82. The molecule has 0 aliphatic heterocycles. The molecule has 0 fully saturated rings. The van der Waals surface area contributed by atoms with Crippen LogP contribution in [-0.2, 0) is 6.42 Å². The highest BCUT2D eigenvalue weighted by molar-refractivity contribution is 9.09. The summed E-state index contributed by atoms with van der Waals surface area (Å²) >= 11 is 9.71. The first kappa shape index (κ1) is 14.0. The quantitative estimate of drug-likeness (QED) is 0.646. The van der Waals surface area contributed by atoms with Crippen LogP contribution < -0.4 is 0 Å². The largest absolute Gasteiger partial charge is 0.461 e. The molecule has 0 spiro atoms. The molecule has 1 aromatic carbocycles. The molecule has 0 aliphatic rings. The summed E-state index contributed by atoms with van der Waals surface area (Å²) in [6.45, 7) is 6.72. The first-order chi connectivity index (χ1) is 8.36. The number of benzene rings is 1. The predicted molar refractivity (Wildman–Crippen MR) is 81.7 cm³/mol. The van der Waals surface area contributed by atoms with Crippen LogP contribution in [0, 0.1) is 5.41 Å². The van der Waals surface area contributed by atoms with E-state index in [0.29, 0.717) is 4.83 Å². The van der Waals surface area contributed by atoms with Gasteiger partial charge in [-0.25, -0.2) is 0 Å². The molecule has 0 saturated heterocycles. The van der Waals surface area contributed by atoms with Crippen molar-refractivity contribution in [3.05, 3.63) is 35.0 Å². The van der Waals surface area contributed by atoms with Crippen LogP contribution in [0.1, 0.15) is 33.0 Å². The average molecular weight is 330 g/mol. The fourth-order valence-corrected chi connectivity index (χ4v) is 2.30. The molecule has 3 heteroatoms. The second-order valence-corrected chi connectivity index (χ2v) is 7.31. The van der Waals surface area contributed by atoms with Gasteiger partial charge in [-0.1, -0.05) is 48.3 Å². The van der Waals surface area contributed by atoms with Crippen LogP contribution in [0.15, 0.2) is 28.7 Å². The van der Waals surface area contributed by atoms with Gasteiger partial charge in [-0.2, -0.15) is 0 Å². The first-order valence-corrected chi connectivity index (χ1v) is 7.47. The number of halogens is 2. The molecule has 2 rings (SSSR count). The highest BCUT2D eigenvalue weighted by Crippen LogP contribution is 2.31. The van der Waals surface area contributed by atoms with Gasteiger partial charge in [-0.15, -0.1) is 0 Å². The van der Waals surface area contributed by atoms with Gasteiger partial charge in [0.1, 0.15) is 11.3 Å². The maximum atomic E-state index is 5.97. The molecule has 1 nitrogen and oxygen atoms in total. The number of hydrogen-bond acceptors (Lipinski definition) is 1. The molecule has 0 aliphatic carbocycles. The van der Waals surface area contributed by atoms with Crippen LogP contribution in [0.5, 0.6) is 0 Å². The van der Waals surface area contributed by atoms with Crippen molar-refractivity contribution in [2.75, 3.05) is 0 Å². The number of rotatable bonds is 3. The maximum Gasteiger partial charge on any atom is 0.134 e. The van der Waals surface area contributed by atoms with E-state index in [9.17, 15) is 0 Å². The fourth-order valence-electron chi connectivity index (χ4n) is 1.89. The van der Waals surface area contributed by atoms with Gasteiger partial charge in [-0.05, 0) is 36.1 Å². The summed E-state index contributed by atoms with van der Waals surface area (Å²) < 4.78 is 5.81. The number of furan rings is 1. The van der Waals surface area contributed by atoms with E-state index in [-0.39, 0.29) is 5.41 Å². The summed E-state index contributed by atoms with van der Waals surface area (Å²) in [4.78, 5) is 0.488. The molecule has 1 heterocycles. The molecule has 2 aromatic rings. The van der Waals surface area contributed by atoms with Crippen molar-refractivity contribution in [1.82, 2.24) is 0 Å². The second-order valence-electron chi connectivity index (χ2n) is 5.77. The zero-order valence-corrected chi connectivity index (χ0v) is 13.3. The number of hydrogen-bond donors (Lipinski definition) is 0. The van der Waals surface area contributed by atoms with E-state index in [1.54, 1.807) is 0 Å². The smallest absolute Gasteiger partial charge is 0.134 e. The van der Waals surface area contributed by atoms with Gasteiger partial charge in [0.25, 0.3) is 0 Å². The van der Waals surface area contributed by atoms with E-state index in [1.165, 1.54) is 0 Å². The number of aryl methyl sites for hydroxylation is 1. The SMILES string of the molecule is CC(C)(C)C(Br)CCc1cc2cc(Cl)ccc2o1. The fraction of sp³-hybridized carbons (Fsp3) is 0.467. The van der Waals surface area contributed by atoms with Crippen LogP contribution >= 0.6 is 27.5 Å². The Bertz CT molecular complexity index is 539. The van der Waals surface area contributed by atoms with E-state index in [0.717, 1.165) is 34.6 Å². The minimum atomic E-state index is 0.273. The molecule has 0 saturated carbocycles. The molecule has 1 unspecified atom stereocenters. The molecule has 0 N–H and O–H groups in total. The molecule has 1 aromatic heterocycles. The zero-order chi connectivity index (χ0) is 13.3. The van der Waals surface area contributed by atoms with Crippen molar-refractivity contribution in [1.29, 1.82) is 0 Å². The molecular formula is C15H18BrClO. The molecule has 0 amide bonds. The lowest BCUT2D eigenvalue weighted by Gasteiger charge is -2.25. The number of alkyl halides is 1. The topological polar surface area (TPSA) is 13.1 Å². The van der Waals surface area contributed by atoms with E-state index < -0.39 is 0 Å². The van der Waals surface area contributed by atoms with Crippen LogP contribution in [-0.4, -0.2) is 4.83 Å². The highest BCUT2D eigenvalue weighted by atomic mass is 79.9. The minimum absolute atomic E-state index is 0.273. The van der Waals surface area contributed by atoms with Gasteiger partial charge >= 0.3 is 0 Å². The Morgan fingerprint density at radius 2 is 2.00 bits per heavy atom. The Hall–Kier alpha value is -0.470. The Morgan fingerprint density at radius 1 is 1.28 bits per heavy atom. The van der Waals surface area contributed by atoms with Gasteiger partial charge in [0.2, 0.25) is 0 Å². The van der Waals surface area contributed by atoms with Crippen LogP contribution in [0.4, 0.5) is 0 Å². The second kappa shape index (κ2) is 5.26. The monoisotopic (exact) mass is 328 g/mol. The van der Waals surface area contributed by atoms with Gasteiger partial charge in [-0.3, -0.25) is 0 Å². The van der Waals surface area contributed by atoms with E-state index in [2.05, 4.69) is 42.8 Å². The lowest BCUT2D eigenvalue weighted by Crippen LogP contribution is -2.20. The van der Waals surface area contributed by atoms with Crippen molar-refractivity contribution >= 4 is 38.5 Å². The van der Waals surface area contributed by atoms with Crippen molar-refractivity contribution in [2.24, 2.45) is 5.41 Å². The third-order valence-corrected chi connectivity index (χ3v) is 5.18. The Labute approximate surface area is 122 Å². The van der Waals surface area contributed by atoms with Gasteiger partial charge in [0.15, 0.2) is 0 Å². The third-order valence-electron chi connectivity index (χ3n) is 3.11. The summed E-state index contributed by atoms with van der Waals surface area (Å²) in [5, 5.41) is 1.84. The molecular weight excluding hydrogens is 312 g/mol. The summed E-state index contributed by atoms with van der Waals surface area (Å²) in [5.41, 5.74) is 1.19. The van der Waals surface area contributed by atoms with Gasteiger partial charge in [0.05, 0.1) is 0 Å². The Balaban J connectivity index is 2.09. The Kier molecular flexibility index (Phi) is 4.08. The molecule has 18 heavy (non-hydrogen) atoms. The Morgan fingerprint density at radius 3 is 2.67 bits per heavy atom. The van der Waals surface area contributed by atoms with Crippen LogP contribution in [0.2, 0.25) is 5.02 Å². The maximum absolute atomic E-state index is 5.97. The van der Waals surface area contributed by atoms with Gasteiger partial charge in [0, 0.05) is 21.7 Å². The lowest BCUT2D eigenvalue weighted by atomic mass is 9.89. The van der Waals surface area contributed by atoms with Gasteiger partial charge < -0.3 is 4.42 Å². The van der Waals surface area contributed by atoms with Crippen molar-refractivity contribution in [2.45, 2.75) is 38.4 Å². The molecule has 0 radical (unpaired) electrons. The van der Waals surface area contributed by atoms with E-state index in [1.807, 2.05) is 18.2 Å². The van der Waals surface area contributed by atoms with E-state index in [4.69, 9.17) is 16.0 Å². The lowest BCUT2D eigenvalue weighted by molar-refractivity contribution is 0.379. The van der Waals surface area contributed by atoms with Crippen LogP contribution in [0.25, 0.3) is 11.0 Å². The molecule has 98 valence electrons. The van der Waals surface area contributed by atoms with Crippen molar-refractivity contribution in [3.8, 4) is 0 Å². The zero-order valence-electron chi connectivity index (χ0n) is 11.0. The summed E-state index contributed by atoms with van der Waals surface area (Å²) in [7, 11) is 0. The average Bonchev–Trinajstić information content (AvgIpc) is 2.66. The number of fused-ring (bicyclic) bond motifs is 1. The van der Waals surface area contributed by atoms with Crippen LogP contribution in [0.3, 0.4) is 0 Å². The van der Waals surface area contributed by atoms with Crippen molar-refractivity contribution < 1.29 is 4.42 Å². The standard InChI is InChI=1S/C15H18BrClO/c1-15(2,3)14(16)7-5-12-9-10-8-11(17)4-6-13(10)18-12/h4,6,8-9,14H,5,7H2,1-3H3. The highest BCUT2D eigenvalue weighted by Gasteiger charge is 2.21.